The Kier molecular flexibility index (Phi) is 5.88. The van der Waals surface area contributed by atoms with Crippen LogP contribution in [0, 0.1) is 0 Å². The highest BCUT2D eigenvalue weighted by molar-refractivity contribution is 6.42. The maximum atomic E-state index is 13.0. The van der Waals surface area contributed by atoms with Gasteiger partial charge in [0.05, 0.1) is 21.1 Å². The van der Waals surface area contributed by atoms with Gasteiger partial charge < -0.3 is 16.0 Å². The number of imidazole rings is 1. The van der Waals surface area contributed by atoms with Crippen LogP contribution >= 0.6 is 23.2 Å². The summed E-state index contributed by atoms with van der Waals surface area (Å²) in [5, 5.41) is 3.47. The summed E-state index contributed by atoms with van der Waals surface area (Å²) in [7, 11) is 0. The zero-order chi connectivity index (χ0) is 22.0. The van der Waals surface area contributed by atoms with E-state index < -0.39 is 17.9 Å². The van der Waals surface area contributed by atoms with E-state index in [1.54, 1.807) is 42.7 Å². The van der Waals surface area contributed by atoms with Gasteiger partial charge in [0.15, 0.2) is 0 Å². The fraction of sp³-hybridized carbons (Fsp3) is 0.0909. The van der Waals surface area contributed by atoms with Crippen LogP contribution in [0.1, 0.15) is 15.9 Å². The standard InChI is InChI=1S/C22H17Cl2N5O2/c23-15-5-4-12(10-16(15)24)11-18(20(25)30)28-22(31)14-2-1-3-17-19(14)29-21(27-17)13-6-8-26-9-7-13/h1-10,18H,11H2,(H2,25,30)(H,27,29)(H,28,31)/t18-/m1/s1. The summed E-state index contributed by atoms with van der Waals surface area (Å²) in [6.45, 7) is 0. The maximum absolute atomic E-state index is 13.0. The van der Waals surface area contributed by atoms with Crippen molar-refractivity contribution in [3.63, 3.8) is 0 Å². The van der Waals surface area contributed by atoms with Crippen molar-refractivity contribution in [3.8, 4) is 11.4 Å². The number of benzene rings is 2. The van der Waals surface area contributed by atoms with Crippen molar-refractivity contribution in [2.45, 2.75) is 12.5 Å². The van der Waals surface area contributed by atoms with E-state index in [1.165, 1.54) is 0 Å². The molecule has 4 rings (SSSR count). The Balaban J connectivity index is 1.61. The Hall–Kier alpha value is -3.42. The predicted octanol–water partition coefficient (Wildman–Crippen LogP) is 3.76. The second kappa shape index (κ2) is 8.75. The number of carbonyl (C=O) groups excluding carboxylic acids is 2. The van der Waals surface area contributed by atoms with Crippen LogP contribution in [0.15, 0.2) is 60.9 Å². The van der Waals surface area contributed by atoms with E-state index in [0.29, 0.717) is 32.5 Å². The highest BCUT2D eigenvalue weighted by Crippen LogP contribution is 2.24. The van der Waals surface area contributed by atoms with Crippen molar-refractivity contribution in [2.75, 3.05) is 0 Å². The zero-order valence-electron chi connectivity index (χ0n) is 16.1. The van der Waals surface area contributed by atoms with Gasteiger partial charge in [-0.3, -0.25) is 14.6 Å². The van der Waals surface area contributed by atoms with Crippen molar-refractivity contribution in [3.05, 3.63) is 82.1 Å². The van der Waals surface area contributed by atoms with E-state index in [0.717, 1.165) is 11.1 Å². The molecule has 4 aromatic rings. The van der Waals surface area contributed by atoms with Crippen molar-refractivity contribution in [1.82, 2.24) is 20.3 Å². The predicted molar refractivity (Wildman–Crippen MR) is 120 cm³/mol. The first kappa shape index (κ1) is 20.8. The lowest BCUT2D eigenvalue weighted by Gasteiger charge is -2.16. The molecule has 2 aromatic carbocycles. The molecule has 0 aliphatic carbocycles. The Morgan fingerprint density at radius 2 is 1.84 bits per heavy atom. The molecule has 7 nitrogen and oxygen atoms in total. The summed E-state index contributed by atoms with van der Waals surface area (Å²) < 4.78 is 0. The van der Waals surface area contributed by atoms with Gasteiger partial charge in [0, 0.05) is 24.4 Å². The molecule has 31 heavy (non-hydrogen) atoms. The largest absolute Gasteiger partial charge is 0.368 e. The van der Waals surface area contributed by atoms with Crippen molar-refractivity contribution in [1.29, 1.82) is 0 Å². The van der Waals surface area contributed by atoms with Crippen LogP contribution < -0.4 is 11.1 Å². The molecular weight excluding hydrogens is 437 g/mol. The summed E-state index contributed by atoms with van der Waals surface area (Å²) in [5.41, 5.74) is 8.60. The molecule has 156 valence electrons. The molecule has 2 heterocycles. The number of primary amides is 1. The topological polar surface area (TPSA) is 114 Å². The van der Waals surface area contributed by atoms with Crippen LogP contribution in [0.4, 0.5) is 0 Å². The van der Waals surface area contributed by atoms with Gasteiger partial charge in [-0.1, -0.05) is 35.3 Å². The Morgan fingerprint density at radius 1 is 1.06 bits per heavy atom. The average Bonchev–Trinajstić information content (AvgIpc) is 3.20. The van der Waals surface area contributed by atoms with Crippen LogP contribution in [0.5, 0.6) is 0 Å². The molecule has 0 aliphatic rings. The number of amides is 2. The number of nitrogens with zero attached hydrogens (tertiary/aromatic N) is 2. The molecule has 0 fully saturated rings. The number of hydrogen-bond acceptors (Lipinski definition) is 4. The van der Waals surface area contributed by atoms with Gasteiger partial charge >= 0.3 is 0 Å². The summed E-state index contributed by atoms with van der Waals surface area (Å²) in [5.74, 6) is -0.506. The number of aromatic amines is 1. The lowest BCUT2D eigenvalue weighted by atomic mass is 10.0. The first-order valence-electron chi connectivity index (χ1n) is 9.35. The molecule has 4 N–H and O–H groups in total. The Morgan fingerprint density at radius 3 is 2.55 bits per heavy atom. The van der Waals surface area contributed by atoms with Crippen molar-refractivity contribution >= 4 is 46.0 Å². The highest BCUT2D eigenvalue weighted by atomic mass is 35.5. The van der Waals surface area contributed by atoms with Gasteiger partial charge in [0.1, 0.15) is 17.4 Å². The van der Waals surface area contributed by atoms with E-state index >= 15 is 0 Å². The summed E-state index contributed by atoms with van der Waals surface area (Å²) in [4.78, 5) is 36.8. The number of nitrogens with two attached hydrogens (primary N) is 1. The van der Waals surface area contributed by atoms with Crippen LogP contribution in [0.25, 0.3) is 22.4 Å². The van der Waals surface area contributed by atoms with E-state index in [1.807, 2.05) is 18.2 Å². The molecule has 0 saturated carbocycles. The second-order valence-electron chi connectivity index (χ2n) is 6.90. The van der Waals surface area contributed by atoms with Crippen LogP contribution in [-0.4, -0.2) is 32.8 Å². The molecule has 1 atom stereocenters. The van der Waals surface area contributed by atoms with E-state index in [4.69, 9.17) is 28.9 Å². The minimum absolute atomic E-state index is 0.177. The van der Waals surface area contributed by atoms with E-state index in [9.17, 15) is 9.59 Å². The number of H-pyrrole nitrogens is 1. The number of halogens is 2. The number of pyridine rings is 1. The average molecular weight is 454 g/mol. The van der Waals surface area contributed by atoms with Gasteiger partial charge in [0.2, 0.25) is 5.91 Å². The summed E-state index contributed by atoms with van der Waals surface area (Å²) in [6.07, 6.45) is 3.50. The number of nitrogens with one attached hydrogen (secondary N) is 2. The van der Waals surface area contributed by atoms with Crippen LogP contribution in [0.3, 0.4) is 0 Å². The summed E-state index contributed by atoms with van der Waals surface area (Å²) >= 11 is 12.0. The fourth-order valence-electron chi connectivity index (χ4n) is 3.22. The first-order valence-corrected chi connectivity index (χ1v) is 10.1. The molecular formula is C22H17Cl2N5O2. The highest BCUT2D eigenvalue weighted by Gasteiger charge is 2.22. The number of carbonyl (C=O) groups is 2. The molecule has 0 bridgehead atoms. The number of fused-ring (bicyclic) bond motifs is 1. The number of hydrogen-bond donors (Lipinski definition) is 3. The van der Waals surface area contributed by atoms with Crippen molar-refractivity contribution in [2.24, 2.45) is 5.73 Å². The lowest BCUT2D eigenvalue weighted by molar-refractivity contribution is -0.119. The van der Waals surface area contributed by atoms with Gasteiger partial charge in [-0.15, -0.1) is 0 Å². The van der Waals surface area contributed by atoms with Gasteiger partial charge in [-0.2, -0.15) is 0 Å². The maximum Gasteiger partial charge on any atom is 0.254 e. The van der Waals surface area contributed by atoms with E-state index in [2.05, 4.69) is 20.3 Å². The second-order valence-corrected chi connectivity index (χ2v) is 7.72. The molecule has 2 amide bonds. The van der Waals surface area contributed by atoms with Crippen LogP contribution in [0.2, 0.25) is 10.0 Å². The molecule has 2 aromatic heterocycles. The number of rotatable bonds is 6. The SMILES string of the molecule is NC(=O)[C@@H](Cc1ccc(Cl)c(Cl)c1)NC(=O)c1cccc2[nH]c(-c3ccncc3)nc12. The van der Waals surface area contributed by atoms with Gasteiger partial charge in [-0.05, 0) is 42.0 Å². The summed E-state index contributed by atoms with van der Waals surface area (Å²) in [6, 6.07) is 12.9. The quantitative estimate of drug-likeness (QED) is 0.412. The molecule has 0 saturated heterocycles. The molecule has 0 spiro atoms. The Bertz CT molecular complexity index is 1270. The fourth-order valence-corrected chi connectivity index (χ4v) is 3.54. The van der Waals surface area contributed by atoms with E-state index in [-0.39, 0.29) is 6.42 Å². The molecule has 0 aliphatic heterocycles. The normalized spacial score (nSPS) is 11.9. The zero-order valence-corrected chi connectivity index (χ0v) is 17.6. The van der Waals surface area contributed by atoms with Crippen LogP contribution in [-0.2, 0) is 11.2 Å². The molecule has 0 unspecified atom stereocenters. The minimum Gasteiger partial charge on any atom is -0.368 e. The third-order valence-electron chi connectivity index (χ3n) is 4.78. The smallest absolute Gasteiger partial charge is 0.254 e. The molecule has 0 radical (unpaired) electrons. The monoisotopic (exact) mass is 453 g/mol. The van der Waals surface area contributed by atoms with Crippen molar-refractivity contribution < 1.29 is 9.59 Å². The minimum atomic E-state index is -0.932. The van der Waals surface area contributed by atoms with Gasteiger partial charge in [-0.25, -0.2) is 4.98 Å². The third-order valence-corrected chi connectivity index (χ3v) is 5.52. The number of aromatic nitrogens is 3. The van der Waals surface area contributed by atoms with Gasteiger partial charge in [0.25, 0.3) is 5.91 Å². The Labute approximate surface area is 187 Å². The lowest BCUT2D eigenvalue weighted by Crippen LogP contribution is -2.45. The molecule has 9 heteroatoms. The first-order chi connectivity index (χ1) is 14.9. The third kappa shape index (κ3) is 4.52. The number of para-hydroxylation sites is 1.